The summed E-state index contributed by atoms with van der Waals surface area (Å²) in [5, 5.41) is 0. The van der Waals surface area contributed by atoms with Gasteiger partial charge in [-0.2, -0.15) is 0 Å². The quantitative estimate of drug-likeness (QED) is 0.396. The molecule has 0 saturated heterocycles. The van der Waals surface area contributed by atoms with Crippen molar-refractivity contribution < 1.29 is 4.79 Å². The fourth-order valence-electron chi connectivity index (χ4n) is 2.27. The van der Waals surface area contributed by atoms with Crippen LogP contribution in [0.3, 0.4) is 0 Å². The molecule has 1 saturated carbocycles. The Morgan fingerprint density at radius 3 is 2.70 bits per heavy atom. The summed E-state index contributed by atoms with van der Waals surface area (Å²) in [5.41, 5.74) is -0.0145. The molecule has 1 nitrogen and oxygen atoms in total. The highest BCUT2D eigenvalue weighted by atomic mass is 16.1. The number of allylic oxidation sites excluding steroid dienone is 2. The van der Waals surface area contributed by atoms with E-state index in [4.69, 9.17) is 0 Å². The van der Waals surface area contributed by atoms with E-state index < -0.39 is 0 Å². The zero-order valence-electron chi connectivity index (χ0n) is 6.21. The summed E-state index contributed by atoms with van der Waals surface area (Å²) < 4.78 is 0. The van der Waals surface area contributed by atoms with Gasteiger partial charge in [-0.1, -0.05) is 19.1 Å². The molecule has 0 aliphatic heterocycles. The normalized spacial score (nSPS) is 50.1. The van der Waals surface area contributed by atoms with Crippen molar-refractivity contribution in [2.24, 2.45) is 17.3 Å². The van der Waals surface area contributed by atoms with Gasteiger partial charge >= 0.3 is 0 Å². The fraction of sp³-hybridized carbons (Fsp3) is 0.667. The number of carbonyl (C=O) groups is 1. The van der Waals surface area contributed by atoms with Crippen LogP contribution >= 0.6 is 0 Å². The molecule has 10 heavy (non-hydrogen) atoms. The van der Waals surface area contributed by atoms with Gasteiger partial charge in [-0.15, -0.1) is 0 Å². The largest absolute Gasteiger partial charge is 0.303 e. The highest BCUT2D eigenvalue weighted by Gasteiger charge is 2.44. The monoisotopic (exact) mass is 136 g/mol. The molecule has 2 rings (SSSR count). The minimum atomic E-state index is -0.0145. The number of carbonyl (C=O) groups excluding carboxylic acids is 1. The first-order valence-electron chi connectivity index (χ1n) is 3.89. The van der Waals surface area contributed by atoms with E-state index in [1.54, 1.807) is 0 Å². The molecule has 1 fully saturated rings. The fourth-order valence-corrected chi connectivity index (χ4v) is 2.27. The van der Waals surface area contributed by atoms with E-state index in [2.05, 4.69) is 19.1 Å². The molecule has 0 aromatic carbocycles. The topological polar surface area (TPSA) is 17.1 Å². The molecule has 0 aromatic rings. The van der Waals surface area contributed by atoms with Crippen molar-refractivity contribution >= 4 is 6.29 Å². The van der Waals surface area contributed by atoms with Gasteiger partial charge in [-0.3, -0.25) is 0 Å². The van der Waals surface area contributed by atoms with Gasteiger partial charge in [0.15, 0.2) is 0 Å². The molecular formula is C9H12O. The van der Waals surface area contributed by atoms with Crippen LogP contribution < -0.4 is 0 Å². The molecule has 0 heterocycles. The van der Waals surface area contributed by atoms with Crippen LogP contribution in [-0.2, 0) is 4.79 Å². The van der Waals surface area contributed by atoms with Crippen LogP contribution in [-0.4, -0.2) is 6.29 Å². The maximum Gasteiger partial charge on any atom is 0.126 e. The highest BCUT2D eigenvalue weighted by Crippen LogP contribution is 2.50. The van der Waals surface area contributed by atoms with Gasteiger partial charge in [-0.25, -0.2) is 0 Å². The molecule has 2 bridgehead atoms. The Morgan fingerprint density at radius 2 is 2.40 bits per heavy atom. The molecule has 0 aromatic heterocycles. The van der Waals surface area contributed by atoms with E-state index in [-0.39, 0.29) is 5.41 Å². The van der Waals surface area contributed by atoms with E-state index in [9.17, 15) is 4.79 Å². The molecule has 3 unspecified atom stereocenters. The lowest BCUT2D eigenvalue weighted by atomic mass is 9.79. The molecule has 0 radical (unpaired) electrons. The standard InChI is InChI=1S/C9H12O/c1-9(6-10)5-7-2-3-8(9)4-7/h2-3,6-8H,4-5H2,1H3. The third-order valence-electron chi connectivity index (χ3n) is 2.99. The molecule has 0 amide bonds. The van der Waals surface area contributed by atoms with Gasteiger partial charge in [0.05, 0.1) is 0 Å². The second-order valence-electron chi connectivity index (χ2n) is 3.81. The molecule has 54 valence electrons. The van der Waals surface area contributed by atoms with Gasteiger partial charge < -0.3 is 4.79 Å². The third-order valence-corrected chi connectivity index (χ3v) is 2.99. The van der Waals surface area contributed by atoms with Crippen molar-refractivity contribution in [3.63, 3.8) is 0 Å². The van der Waals surface area contributed by atoms with Crippen LogP contribution in [0.25, 0.3) is 0 Å². The molecule has 0 N–H and O–H groups in total. The summed E-state index contributed by atoms with van der Waals surface area (Å²) in [6.07, 6.45) is 7.91. The van der Waals surface area contributed by atoms with Crippen LogP contribution in [0.4, 0.5) is 0 Å². The summed E-state index contributed by atoms with van der Waals surface area (Å²) >= 11 is 0. The maximum atomic E-state index is 10.7. The second-order valence-corrected chi connectivity index (χ2v) is 3.81. The van der Waals surface area contributed by atoms with E-state index >= 15 is 0 Å². The number of rotatable bonds is 1. The van der Waals surface area contributed by atoms with E-state index in [1.165, 1.54) is 6.42 Å². The summed E-state index contributed by atoms with van der Waals surface area (Å²) in [4.78, 5) is 10.7. The number of hydrogen-bond donors (Lipinski definition) is 0. The van der Waals surface area contributed by atoms with E-state index in [0.717, 1.165) is 12.7 Å². The van der Waals surface area contributed by atoms with Gasteiger partial charge in [0.25, 0.3) is 0 Å². The molecule has 2 aliphatic rings. The van der Waals surface area contributed by atoms with Crippen molar-refractivity contribution in [3.8, 4) is 0 Å². The molecule has 1 heteroatoms. The number of hydrogen-bond acceptors (Lipinski definition) is 1. The highest BCUT2D eigenvalue weighted by molar-refractivity contribution is 5.61. The second kappa shape index (κ2) is 1.71. The summed E-state index contributed by atoms with van der Waals surface area (Å²) in [6, 6.07) is 0. The first kappa shape index (κ1) is 6.14. The minimum Gasteiger partial charge on any atom is -0.303 e. The van der Waals surface area contributed by atoms with Crippen LogP contribution in [0.1, 0.15) is 19.8 Å². The lowest BCUT2D eigenvalue weighted by Crippen LogP contribution is -2.22. The Hall–Kier alpha value is -0.590. The predicted molar refractivity (Wildman–Crippen MR) is 39.5 cm³/mol. The number of aldehydes is 1. The van der Waals surface area contributed by atoms with Gasteiger partial charge in [0.1, 0.15) is 6.29 Å². The lowest BCUT2D eigenvalue weighted by Gasteiger charge is -2.23. The van der Waals surface area contributed by atoms with Crippen molar-refractivity contribution in [2.75, 3.05) is 0 Å². The Bertz CT molecular complexity index is 195. The van der Waals surface area contributed by atoms with Crippen molar-refractivity contribution in [2.45, 2.75) is 19.8 Å². The smallest absolute Gasteiger partial charge is 0.126 e. The van der Waals surface area contributed by atoms with Crippen LogP contribution in [0, 0.1) is 17.3 Å². The van der Waals surface area contributed by atoms with Crippen molar-refractivity contribution in [1.29, 1.82) is 0 Å². The van der Waals surface area contributed by atoms with Crippen LogP contribution in [0.2, 0.25) is 0 Å². The van der Waals surface area contributed by atoms with E-state index in [1.807, 2.05) is 0 Å². The Kier molecular flexibility index (Phi) is 1.05. The van der Waals surface area contributed by atoms with Crippen LogP contribution in [0.15, 0.2) is 12.2 Å². The zero-order valence-corrected chi connectivity index (χ0v) is 6.21. The van der Waals surface area contributed by atoms with Gasteiger partial charge in [0.2, 0.25) is 0 Å². The van der Waals surface area contributed by atoms with Gasteiger partial charge in [0, 0.05) is 5.41 Å². The predicted octanol–water partition coefficient (Wildman–Crippen LogP) is 1.79. The van der Waals surface area contributed by atoms with Gasteiger partial charge in [-0.05, 0) is 24.7 Å². The molecule has 3 atom stereocenters. The summed E-state index contributed by atoms with van der Waals surface area (Å²) in [6.45, 7) is 2.08. The first-order valence-corrected chi connectivity index (χ1v) is 3.89. The Balaban J connectivity index is 2.30. The van der Waals surface area contributed by atoms with Crippen LogP contribution in [0.5, 0.6) is 0 Å². The first-order chi connectivity index (χ1) is 4.74. The molecule has 0 spiro atoms. The Morgan fingerprint density at radius 1 is 1.60 bits per heavy atom. The van der Waals surface area contributed by atoms with E-state index in [0.29, 0.717) is 11.8 Å². The summed E-state index contributed by atoms with van der Waals surface area (Å²) in [7, 11) is 0. The third kappa shape index (κ3) is 0.606. The zero-order chi connectivity index (χ0) is 7.19. The van der Waals surface area contributed by atoms with Crippen molar-refractivity contribution in [1.82, 2.24) is 0 Å². The minimum absolute atomic E-state index is 0.0145. The van der Waals surface area contributed by atoms with Crippen molar-refractivity contribution in [3.05, 3.63) is 12.2 Å². The average molecular weight is 136 g/mol. The SMILES string of the molecule is CC1(C=O)CC2C=CC1C2. The molecule has 2 aliphatic carbocycles. The average Bonchev–Trinajstić information content (AvgIpc) is 2.46. The Labute approximate surface area is 61.1 Å². The lowest BCUT2D eigenvalue weighted by molar-refractivity contribution is -0.116. The maximum absolute atomic E-state index is 10.7. The molecular weight excluding hydrogens is 124 g/mol. The summed E-state index contributed by atoms with van der Waals surface area (Å²) in [5.74, 6) is 1.26. The number of fused-ring (bicyclic) bond motifs is 2.